The van der Waals surface area contributed by atoms with Gasteiger partial charge in [-0.15, -0.1) is 0 Å². The van der Waals surface area contributed by atoms with Crippen molar-refractivity contribution in [2.45, 2.75) is 33.6 Å². The lowest BCUT2D eigenvalue weighted by molar-refractivity contribution is -0.142. The third kappa shape index (κ3) is 4.81. The summed E-state index contributed by atoms with van der Waals surface area (Å²) in [7, 11) is -3.05. The molecule has 0 aliphatic carbocycles. The molecule has 0 saturated carbocycles. The van der Waals surface area contributed by atoms with E-state index in [4.69, 9.17) is 4.74 Å². The van der Waals surface area contributed by atoms with Gasteiger partial charge in [-0.05, 0) is 44.7 Å². The summed E-state index contributed by atoms with van der Waals surface area (Å²) in [5.41, 5.74) is 2.48. The Labute approximate surface area is 149 Å². The van der Waals surface area contributed by atoms with Crippen LogP contribution in [0, 0.1) is 19.8 Å². The van der Waals surface area contributed by atoms with Crippen molar-refractivity contribution in [3.63, 3.8) is 0 Å². The van der Waals surface area contributed by atoms with Crippen molar-refractivity contribution >= 4 is 27.4 Å². The molecule has 1 fully saturated rings. The third-order valence-corrected chi connectivity index (χ3v) is 6.19. The van der Waals surface area contributed by atoms with E-state index in [-0.39, 0.29) is 30.6 Å². The van der Waals surface area contributed by atoms with Crippen molar-refractivity contribution in [3.05, 3.63) is 29.3 Å². The van der Waals surface area contributed by atoms with Gasteiger partial charge < -0.3 is 9.64 Å². The number of hydrogen-bond acceptors (Lipinski definition) is 5. The maximum absolute atomic E-state index is 13.1. The molecule has 0 unspecified atom stereocenters. The summed E-state index contributed by atoms with van der Waals surface area (Å²) in [6.07, 6.45) is 0.594. The van der Waals surface area contributed by atoms with Gasteiger partial charge in [-0.1, -0.05) is 18.2 Å². The van der Waals surface area contributed by atoms with Gasteiger partial charge in [0, 0.05) is 5.92 Å². The highest BCUT2D eigenvalue weighted by Crippen LogP contribution is 2.29. The number of ether oxygens (including phenoxy) is 1. The van der Waals surface area contributed by atoms with Crippen LogP contribution in [0.5, 0.6) is 0 Å². The van der Waals surface area contributed by atoms with Gasteiger partial charge in [0.15, 0.2) is 0 Å². The molecular formula is C18H25NO5S. The van der Waals surface area contributed by atoms with E-state index in [0.29, 0.717) is 18.5 Å². The van der Waals surface area contributed by atoms with Crippen molar-refractivity contribution in [2.75, 3.05) is 29.6 Å². The molecule has 1 aromatic rings. The van der Waals surface area contributed by atoms with E-state index < -0.39 is 21.7 Å². The molecule has 0 aromatic heterocycles. The van der Waals surface area contributed by atoms with Gasteiger partial charge in [-0.2, -0.15) is 0 Å². The third-order valence-electron chi connectivity index (χ3n) is 4.47. The molecule has 1 heterocycles. The summed E-state index contributed by atoms with van der Waals surface area (Å²) >= 11 is 0. The number of nitrogens with zero attached hydrogens (tertiary/aromatic N) is 1. The number of carbonyl (C=O) groups excluding carboxylic acids is 2. The summed E-state index contributed by atoms with van der Waals surface area (Å²) in [6.45, 7) is 5.57. The highest BCUT2D eigenvalue weighted by atomic mass is 32.2. The predicted octanol–water partition coefficient (Wildman–Crippen LogP) is 2.02. The van der Waals surface area contributed by atoms with Gasteiger partial charge in [0.05, 0.1) is 23.8 Å². The van der Waals surface area contributed by atoms with E-state index in [1.54, 1.807) is 6.92 Å². The van der Waals surface area contributed by atoms with Crippen LogP contribution >= 0.6 is 0 Å². The highest BCUT2D eigenvalue weighted by molar-refractivity contribution is 7.91. The number of hydrogen-bond donors (Lipinski definition) is 0. The molecule has 25 heavy (non-hydrogen) atoms. The molecule has 1 amide bonds. The first kappa shape index (κ1) is 19.4. The molecule has 6 nitrogen and oxygen atoms in total. The number of benzene rings is 1. The fourth-order valence-corrected chi connectivity index (χ4v) is 4.68. The van der Waals surface area contributed by atoms with Crippen molar-refractivity contribution in [2.24, 2.45) is 5.92 Å². The minimum Gasteiger partial charge on any atom is -0.465 e. The van der Waals surface area contributed by atoms with Gasteiger partial charge in [-0.3, -0.25) is 9.59 Å². The Morgan fingerprint density at radius 1 is 1.16 bits per heavy atom. The van der Waals surface area contributed by atoms with Crippen LogP contribution in [0.25, 0.3) is 0 Å². The molecule has 138 valence electrons. The summed E-state index contributed by atoms with van der Waals surface area (Å²) in [5.74, 6) is -1.04. The lowest BCUT2D eigenvalue weighted by Crippen LogP contribution is -2.43. The van der Waals surface area contributed by atoms with Crippen molar-refractivity contribution in [1.82, 2.24) is 0 Å². The van der Waals surface area contributed by atoms with E-state index in [9.17, 15) is 18.0 Å². The second-order valence-corrected chi connectivity index (χ2v) is 8.70. The largest absolute Gasteiger partial charge is 0.465 e. The van der Waals surface area contributed by atoms with Crippen LogP contribution < -0.4 is 4.90 Å². The van der Waals surface area contributed by atoms with Gasteiger partial charge in [0.2, 0.25) is 5.91 Å². The number of amides is 1. The van der Waals surface area contributed by atoms with E-state index >= 15 is 0 Å². The Morgan fingerprint density at radius 3 is 2.24 bits per heavy atom. The molecular weight excluding hydrogens is 342 g/mol. The fraction of sp³-hybridized carbons (Fsp3) is 0.556. The maximum Gasteiger partial charge on any atom is 0.326 e. The molecule has 1 aliphatic heterocycles. The lowest BCUT2D eigenvalue weighted by atomic mass is 9.99. The van der Waals surface area contributed by atoms with Gasteiger partial charge in [-0.25, -0.2) is 8.42 Å². The number of sulfone groups is 1. The Morgan fingerprint density at radius 2 is 1.72 bits per heavy atom. The molecule has 1 aromatic carbocycles. The minimum absolute atomic E-state index is 0.0173. The average molecular weight is 367 g/mol. The quantitative estimate of drug-likeness (QED) is 0.744. The van der Waals surface area contributed by atoms with Crippen molar-refractivity contribution in [3.8, 4) is 0 Å². The molecule has 1 aliphatic rings. The number of aryl methyl sites for hydroxylation is 2. The first-order chi connectivity index (χ1) is 11.7. The average Bonchev–Trinajstić information content (AvgIpc) is 2.53. The topological polar surface area (TPSA) is 80.8 Å². The zero-order valence-corrected chi connectivity index (χ0v) is 15.8. The van der Waals surface area contributed by atoms with Crippen LogP contribution in [0.15, 0.2) is 18.2 Å². The van der Waals surface area contributed by atoms with E-state index in [1.165, 1.54) is 4.90 Å². The van der Waals surface area contributed by atoms with Crippen molar-refractivity contribution < 1.29 is 22.7 Å². The second-order valence-electron chi connectivity index (χ2n) is 6.40. The van der Waals surface area contributed by atoms with Gasteiger partial charge >= 0.3 is 5.97 Å². The minimum atomic E-state index is -3.05. The normalized spacial score (nSPS) is 17.1. The second kappa shape index (κ2) is 7.99. The maximum atomic E-state index is 13.1. The number of carbonyl (C=O) groups is 2. The Bertz CT molecular complexity index is 722. The van der Waals surface area contributed by atoms with Crippen LogP contribution in [0.2, 0.25) is 0 Å². The van der Waals surface area contributed by atoms with E-state index in [1.807, 2.05) is 32.0 Å². The van der Waals surface area contributed by atoms with Crippen LogP contribution in [0.4, 0.5) is 5.69 Å². The summed E-state index contributed by atoms with van der Waals surface area (Å²) in [5, 5.41) is 0. The summed E-state index contributed by atoms with van der Waals surface area (Å²) in [6, 6.07) is 5.67. The monoisotopic (exact) mass is 367 g/mol. The number of rotatable bonds is 5. The molecule has 2 rings (SSSR count). The molecule has 0 bridgehead atoms. The van der Waals surface area contributed by atoms with Crippen molar-refractivity contribution in [1.29, 1.82) is 0 Å². The standard InChI is InChI=1S/C18H25NO5S/c1-4-24-16(20)12-19(17-13(2)6-5-7-14(17)3)18(21)15-8-10-25(22,23)11-9-15/h5-7,15H,4,8-12H2,1-3H3. The number of esters is 1. The highest BCUT2D eigenvalue weighted by Gasteiger charge is 2.33. The first-order valence-corrected chi connectivity index (χ1v) is 10.3. The van der Waals surface area contributed by atoms with Gasteiger partial charge in [0.1, 0.15) is 16.4 Å². The molecule has 7 heteroatoms. The molecule has 0 radical (unpaired) electrons. The van der Waals surface area contributed by atoms with Crippen LogP contribution in [0.1, 0.15) is 30.9 Å². The lowest BCUT2D eigenvalue weighted by Gasteiger charge is -2.30. The SMILES string of the molecule is CCOC(=O)CN(C(=O)C1CCS(=O)(=O)CC1)c1c(C)cccc1C. The Hall–Kier alpha value is -1.89. The molecule has 0 spiro atoms. The molecule has 0 atom stereocenters. The predicted molar refractivity (Wildman–Crippen MR) is 96.3 cm³/mol. The summed E-state index contributed by atoms with van der Waals surface area (Å²) < 4.78 is 28.3. The van der Waals surface area contributed by atoms with Crippen LogP contribution in [-0.4, -0.2) is 45.0 Å². The Balaban J connectivity index is 2.31. The zero-order chi connectivity index (χ0) is 18.6. The molecule has 0 N–H and O–H groups in total. The first-order valence-electron chi connectivity index (χ1n) is 8.49. The Kier molecular flexibility index (Phi) is 6.21. The summed E-state index contributed by atoms with van der Waals surface area (Å²) in [4.78, 5) is 26.6. The van der Waals surface area contributed by atoms with Crippen LogP contribution in [0.3, 0.4) is 0 Å². The zero-order valence-electron chi connectivity index (χ0n) is 14.9. The number of anilines is 1. The van der Waals surface area contributed by atoms with E-state index in [0.717, 1.165) is 11.1 Å². The van der Waals surface area contributed by atoms with E-state index in [2.05, 4.69) is 0 Å². The fourth-order valence-electron chi connectivity index (χ4n) is 3.19. The van der Waals surface area contributed by atoms with Gasteiger partial charge in [0.25, 0.3) is 0 Å². The number of para-hydroxylation sites is 1. The molecule has 1 saturated heterocycles. The smallest absolute Gasteiger partial charge is 0.326 e. The van der Waals surface area contributed by atoms with Crippen LogP contribution in [-0.2, 0) is 24.2 Å².